The van der Waals surface area contributed by atoms with E-state index in [9.17, 15) is 14.4 Å². The van der Waals surface area contributed by atoms with Crippen LogP contribution in [-0.2, 0) is 9.53 Å². The van der Waals surface area contributed by atoms with Crippen molar-refractivity contribution in [3.8, 4) is 5.69 Å². The Morgan fingerprint density at radius 1 is 1.19 bits per heavy atom. The minimum Gasteiger partial charge on any atom is -0.476 e. The van der Waals surface area contributed by atoms with Gasteiger partial charge >= 0.3 is 0 Å². The first-order valence-corrected chi connectivity index (χ1v) is 16.7. The first-order chi connectivity index (χ1) is 22.5. The van der Waals surface area contributed by atoms with Gasteiger partial charge in [0.15, 0.2) is 11.7 Å². The van der Waals surface area contributed by atoms with Gasteiger partial charge in [0, 0.05) is 43.3 Å². The second-order valence-corrected chi connectivity index (χ2v) is 14.3. The Labute approximate surface area is 284 Å². The van der Waals surface area contributed by atoms with Gasteiger partial charge in [0.1, 0.15) is 23.7 Å². The molecule has 3 aromatic rings. The van der Waals surface area contributed by atoms with Gasteiger partial charge in [-0.05, 0) is 75.2 Å². The monoisotopic (exact) mass is 678 g/mol. The first kappa shape index (κ1) is 33.1. The molecular weight excluding hydrogens is 639 g/mol. The van der Waals surface area contributed by atoms with E-state index in [1.54, 1.807) is 18.5 Å². The van der Waals surface area contributed by atoms with Crippen LogP contribution in [0.5, 0.6) is 0 Å². The highest BCUT2D eigenvalue weighted by Gasteiger charge is 2.42. The van der Waals surface area contributed by atoms with Crippen molar-refractivity contribution in [1.29, 1.82) is 0 Å². The average Bonchev–Trinajstić information content (AvgIpc) is 3.79. The van der Waals surface area contributed by atoms with Gasteiger partial charge < -0.3 is 29.3 Å². The third kappa shape index (κ3) is 6.77. The molecule has 2 saturated heterocycles. The molecule has 12 heteroatoms. The van der Waals surface area contributed by atoms with Gasteiger partial charge in [-0.25, -0.2) is 4.98 Å². The molecule has 1 atom stereocenters. The van der Waals surface area contributed by atoms with Crippen LogP contribution in [-0.4, -0.2) is 85.5 Å². The Morgan fingerprint density at radius 3 is 2.60 bits per heavy atom. The number of nitrogens with zero attached hydrogens (tertiary/aromatic N) is 5. The van der Waals surface area contributed by atoms with Crippen LogP contribution in [0.4, 0.5) is 11.5 Å². The zero-order valence-corrected chi connectivity index (χ0v) is 28.6. The molecular formula is C35H40Cl2N6O4. The quantitative estimate of drug-likeness (QED) is 0.121. The molecule has 2 aliphatic heterocycles. The summed E-state index contributed by atoms with van der Waals surface area (Å²) < 4.78 is 8.17. The molecule has 0 bridgehead atoms. The molecule has 1 aliphatic carbocycles. The van der Waals surface area contributed by atoms with Crippen molar-refractivity contribution in [2.45, 2.75) is 51.2 Å². The molecule has 10 nitrogen and oxygen atoms in total. The molecule has 2 aromatic heterocycles. The SMILES string of the molecule is CN(C)C1CN(c2ccc(-n3cc(C=O)c(=O)c4cc(Cl)c(N5CCC(C)(C)C5CO/C(NC5CC5)=C(Cl)/C=C\C=O)cc43)cn2)C1. The number of fused-ring (bicyclic) bond motifs is 1. The number of aromatic nitrogens is 2. The van der Waals surface area contributed by atoms with Crippen molar-refractivity contribution < 1.29 is 14.3 Å². The summed E-state index contributed by atoms with van der Waals surface area (Å²) in [5.74, 6) is 1.33. The molecule has 47 heavy (non-hydrogen) atoms. The summed E-state index contributed by atoms with van der Waals surface area (Å²) in [5.41, 5.74) is 1.63. The largest absolute Gasteiger partial charge is 0.476 e. The maximum atomic E-state index is 13.4. The highest BCUT2D eigenvalue weighted by atomic mass is 35.5. The number of ether oxygens (including phenoxy) is 1. The highest BCUT2D eigenvalue weighted by Crippen LogP contribution is 2.43. The maximum absolute atomic E-state index is 13.4. The van der Waals surface area contributed by atoms with Crippen LogP contribution in [0.15, 0.2) is 64.5 Å². The van der Waals surface area contributed by atoms with Gasteiger partial charge in [-0.1, -0.05) is 37.0 Å². The van der Waals surface area contributed by atoms with Crippen LogP contribution < -0.4 is 20.5 Å². The fourth-order valence-corrected chi connectivity index (χ4v) is 6.71. The van der Waals surface area contributed by atoms with Crippen molar-refractivity contribution >= 4 is 58.2 Å². The van der Waals surface area contributed by atoms with Gasteiger partial charge in [0.25, 0.3) is 0 Å². The summed E-state index contributed by atoms with van der Waals surface area (Å²) in [7, 11) is 4.16. The molecule has 0 amide bonds. The normalized spacial score (nSPS) is 20.1. The summed E-state index contributed by atoms with van der Waals surface area (Å²) in [6.45, 7) is 7.24. The van der Waals surface area contributed by atoms with Crippen molar-refractivity contribution in [3.63, 3.8) is 0 Å². The predicted octanol–water partition coefficient (Wildman–Crippen LogP) is 5.14. The highest BCUT2D eigenvalue weighted by molar-refractivity contribution is 6.34. The minimum atomic E-state index is -0.375. The summed E-state index contributed by atoms with van der Waals surface area (Å²) in [4.78, 5) is 47.6. The zero-order valence-electron chi connectivity index (χ0n) is 27.1. The van der Waals surface area contributed by atoms with E-state index in [-0.39, 0.29) is 22.4 Å². The number of likely N-dealkylation sites (N-methyl/N-ethyl adjacent to an activating group) is 1. The molecule has 1 unspecified atom stereocenters. The lowest BCUT2D eigenvalue weighted by Crippen LogP contribution is -2.57. The molecule has 1 aromatic carbocycles. The predicted molar refractivity (Wildman–Crippen MR) is 187 cm³/mol. The molecule has 1 N–H and O–H groups in total. The molecule has 0 radical (unpaired) electrons. The molecule has 4 heterocycles. The van der Waals surface area contributed by atoms with Crippen LogP contribution in [0.3, 0.4) is 0 Å². The van der Waals surface area contributed by atoms with E-state index in [4.69, 9.17) is 32.9 Å². The number of allylic oxidation sites excluding steroid dienone is 3. The lowest BCUT2D eigenvalue weighted by atomic mass is 9.85. The van der Waals surface area contributed by atoms with Crippen LogP contribution in [0, 0.1) is 5.41 Å². The Kier molecular flexibility index (Phi) is 9.38. The van der Waals surface area contributed by atoms with Crippen molar-refractivity contribution in [2.24, 2.45) is 5.41 Å². The van der Waals surface area contributed by atoms with E-state index in [1.165, 1.54) is 12.2 Å². The Morgan fingerprint density at radius 2 is 1.96 bits per heavy atom. The molecule has 6 rings (SSSR count). The standard InChI is InChI=1S/C35H40Cl2N6O4/c1-35(2)11-12-42(31(35)21-47-34(39-23-7-8-23)27(36)6-5-13-44)30-15-29-26(14-28(30)37)33(46)22(20-45)17-43(29)24-9-10-32(38-16-24)41-18-25(19-41)40(3)4/h5-6,9-10,13-17,20,23,25,31,39H,7-8,11-12,18-19,21H2,1-4H3/b6-5-,34-27-. The number of rotatable bonds is 12. The van der Waals surface area contributed by atoms with E-state index >= 15 is 0 Å². The Hall–Kier alpha value is -3.86. The second-order valence-electron chi connectivity index (χ2n) is 13.5. The number of hydrogen-bond acceptors (Lipinski definition) is 9. The topological polar surface area (TPSA) is 100 Å². The Balaban J connectivity index is 1.35. The van der Waals surface area contributed by atoms with Gasteiger partial charge in [0.2, 0.25) is 5.88 Å². The molecule has 1 saturated carbocycles. The number of benzene rings is 1. The minimum absolute atomic E-state index is 0.0403. The van der Waals surface area contributed by atoms with Crippen molar-refractivity contribution in [1.82, 2.24) is 19.8 Å². The van der Waals surface area contributed by atoms with Gasteiger partial charge in [-0.15, -0.1) is 0 Å². The third-order valence-electron chi connectivity index (χ3n) is 9.57. The number of pyridine rings is 2. The van der Waals surface area contributed by atoms with Crippen LogP contribution in [0.2, 0.25) is 5.02 Å². The van der Waals surface area contributed by atoms with Gasteiger partial charge in [-0.2, -0.15) is 0 Å². The van der Waals surface area contributed by atoms with Crippen molar-refractivity contribution in [2.75, 3.05) is 50.1 Å². The number of hydrogen-bond donors (Lipinski definition) is 1. The van der Waals surface area contributed by atoms with Gasteiger partial charge in [0.05, 0.1) is 39.7 Å². The van der Waals surface area contributed by atoms with Crippen LogP contribution in [0.25, 0.3) is 16.6 Å². The van der Waals surface area contributed by atoms with E-state index in [1.807, 2.05) is 22.8 Å². The smallest absolute Gasteiger partial charge is 0.206 e. The van der Waals surface area contributed by atoms with Crippen LogP contribution in [0.1, 0.15) is 43.5 Å². The third-order valence-corrected chi connectivity index (χ3v) is 10.2. The zero-order chi connectivity index (χ0) is 33.5. The summed E-state index contributed by atoms with van der Waals surface area (Å²) in [6, 6.07) is 8.20. The fourth-order valence-electron chi connectivity index (χ4n) is 6.26. The average molecular weight is 680 g/mol. The summed E-state index contributed by atoms with van der Waals surface area (Å²) >= 11 is 13.5. The summed E-state index contributed by atoms with van der Waals surface area (Å²) in [6.07, 6.45) is 10.4. The van der Waals surface area contributed by atoms with E-state index in [0.717, 1.165) is 56.1 Å². The number of nitrogens with one attached hydrogen (secondary N) is 1. The number of anilines is 2. The summed E-state index contributed by atoms with van der Waals surface area (Å²) in [5, 5.41) is 4.43. The van der Waals surface area contributed by atoms with E-state index < -0.39 is 0 Å². The number of aldehydes is 2. The second kappa shape index (κ2) is 13.3. The van der Waals surface area contributed by atoms with Crippen molar-refractivity contribution in [3.05, 3.63) is 80.5 Å². The lowest BCUT2D eigenvalue weighted by molar-refractivity contribution is -0.104. The van der Waals surface area contributed by atoms with E-state index in [0.29, 0.717) is 58.1 Å². The fraction of sp³-hybridized carbons (Fsp3) is 0.429. The number of carbonyl (C=O) groups is 2. The number of halogens is 2. The van der Waals surface area contributed by atoms with E-state index in [2.05, 4.69) is 48.0 Å². The van der Waals surface area contributed by atoms with Crippen LogP contribution >= 0.6 is 23.2 Å². The molecule has 3 aliphatic rings. The molecule has 0 spiro atoms. The Bertz CT molecular complexity index is 1790. The lowest BCUT2D eigenvalue weighted by Gasteiger charge is -2.43. The molecule has 248 valence electrons. The van der Waals surface area contributed by atoms with Gasteiger partial charge in [-0.3, -0.25) is 14.4 Å². The number of carbonyl (C=O) groups excluding carboxylic acids is 2. The maximum Gasteiger partial charge on any atom is 0.206 e. The first-order valence-electron chi connectivity index (χ1n) is 15.9. The molecule has 3 fully saturated rings.